The Kier molecular flexibility index (Phi) is 5.35. The maximum atomic E-state index is 11.3. The van der Waals surface area contributed by atoms with Crippen LogP contribution in [0.3, 0.4) is 0 Å². The first-order valence-electron chi connectivity index (χ1n) is 10.3. The van der Waals surface area contributed by atoms with E-state index < -0.39 is 0 Å². The number of rotatable bonds is 4. The first-order chi connectivity index (χ1) is 15.2. The van der Waals surface area contributed by atoms with Gasteiger partial charge in [-0.1, -0.05) is 0 Å². The second kappa shape index (κ2) is 8.44. The number of hydrogen-bond donors (Lipinski definition) is 1. The first kappa shape index (κ1) is 19.6. The molecule has 0 unspecified atom stereocenters. The molecular weight excluding hydrogens is 402 g/mol. The van der Waals surface area contributed by atoms with Crippen molar-refractivity contribution in [2.45, 2.75) is 6.92 Å². The second-order valence-electron chi connectivity index (χ2n) is 7.34. The topological polar surface area (TPSA) is 119 Å². The molecule has 2 saturated heterocycles. The normalized spacial score (nSPS) is 17.2. The molecule has 0 bridgehead atoms. The molecule has 5 rings (SSSR count). The van der Waals surface area contributed by atoms with E-state index in [0.29, 0.717) is 55.2 Å². The molecule has 162 valence electrons. The monoisotopic (exact) mass is 425 g/mol. The molecule has 2 aromatic heterocycles. The van der Waals surface area contributed by atoms with Crippen molar-refractivity contribution in [1.29, 1.82) is 0 Å². The minimum absolute atomic E-state index is 0.165. The Morgan fingerprint density at radius 3 is 2.10 bits per heavy atom. The lowest BCUT2D eigenvalue weighted by atomic mass is 10.2. The van der Waals surface area contributed by atoms with Gasteiger partial charge in [-0.25, -0.2) is 0 Å². The van der Waals surface area contributed by atoms with E-state index in [-0.39, 0.29) is 11.9 Å². The maximum Gasteiger partial charge on any atom is 0.302 e. The standard InChI is InChI=1S/C20H23N7O4/c1-13(28)21-20-22-15-12-14(2-3-16(15)31-20)17-23-18(26-4-8-29-9-5-26)25-19(24-17)27-6-10-30-11-7-27/h2-3,12H,4-11H2,1H3,(H,21,22,28). The molecule has 0 atom stereocenters. The zero-order valence-corrected chi connectivity index (χ0v) is 17.2. The fraction of sp³-hybridized carbons (Fsp3) is 0.450. The van der Waals surface area contributed by atoms with Crippen molar-refractivity contribution in [2.75, 3.05) is 67.7 Å². The minimum Gasteiger partial charge on any atom is -0.423 e. The molecule has 11 heteroatoms. The summed E-state index contributed by atoms with van der Waals surface area (Å²) in [4.78, 5) is 34.1. The average molecular weight is 425 g/mol. The van der Waals surface area contributed by atoms with Crippen molar-refractivity contribution in [3.63, 3.8) is 0 Å². The van der Waals surface area contributed by atoms with Crippen molar-refractivity contribution < 1.29 is 18.7 Å². The lowest BCUT2D eigenvalue weighted by Crippen LogP contribution is -2.40. The van der Waals surface area contributed by atoms with Gasteiger partial charge < -0.3 is 23.7 Å². The molecule has 0 saturated carbocycles. The van der Waals surface area contributed by atoms with E-state index in [4.69, 9.17) is 28.8 Å². The van der Waals surface area contributed by atoms with Crippen molar-refractivity contribution in [2.24, 2.45) is 0 Å². The van der Waals surface area contributed by atoms with E-state index >= 15 is 0 Å². The Morgan fingerprint density at radius 2 is 1.52 bits per heavy atom. The third-order valence-corrected chi connectivity index (χ3v) is 5.13. The molecule has 11 nitrogen and oxygen atoms in total. The summed E-state index contributed by atoms with van der Waals surface area (Å²) in [6, 6.07) is 5.70. The summed E-state index contributed by atoms with van der Waals surface area (Å²) in [7, 11) is 0. The van der Waals surface area contributed by atoms with E-state index in [0.717, 1.165) is 31.7 Å². The number of hydrogen-bond acceptors (Lipinski definition) is 10. The van der Waals surface area contributed by atoms with Gasteiger partial charge in [0.15, 0.2) is 11.4 Å². The van der Waals surface area contributed by atoms with E-state index in [1.807, 2.05) is 12.1 Å². The van der Waals surface area contributed by atoms with Gasteiger partial charge in [0.1, 0.15) is 5.52 Å². The molecule has 4 heterocycles. The number of anilines is 3. The second-order valence-corrected chi connectivity index (χ2v) is 7.34. The third-order valence-electron chi connectivity index (χ3n) is 5.13. The van der Waals surface area contributed by atoms with Gasteiger partial charge in [-0.15, -0.1) is 0 Å². The fourth-order valence-electron chi connectivity index (χ4n) is 3.56. The van der Waals surface area contributed by atoms with Gasteiger partial charge in [0, 0.05) is 38.7 Å². The molecule has 0 aliphatic carbocycles. The van der Waals surface area contributed by atoms with Crippen molar-refractivity contribution in [1.82, 2.24) is 19.9 Å². The van der Waals surface area contributed by atoms with Crippen LogP contribution in [-0.2, 0) is 14.3 Å². The lowest BCUT2D eigenvalue weighted by molar-refractivity contribution is -0.114. The minimum atomic E-state index is -0.241. The van der Waals surface area contributed by atoms with Crippen LogP contribution in [-0.4, -0.2) is 78.4 Å². The van der Waals surface area contributed by atoms with E-state index in [2.05, 4.69) is 20.1 Å². The van der Waals surface area contributed by atoms with E-state index in [1.54, 1.807) is 6.07 Å². The van der Waals surface area contributed by atoms with Crippen LogP contribution in [0.2, 0.25) is 0 Å². The molecule has 2 aliphatic heterocycles. The number of amides is 1. The van der Waals surface area contributed by atoms with Crippen LogP contribution in [0.25, 0.3) is 22.5 Å². The van der Waals surface area contributed by atoms with Crippen LogP contribution in [0.1, 0.15) is 6.92 Å². The van der Waals surface area contributed by atoms with Crippen LogP contribution in [0.15, 0.2) is 22.6 Å². The summed E-state index contributed by atoms with van der Waals surface area (Å²) in [6.07, 6.45) is 0. The third kappa shape index (κ3) is 4.28. The van der Waals surface area contributed by atoms with Gasteiger partial charge in [0.2, 0.25) is 17.8 Å². The number of fused-ring (bicyclic) bond motifs is 1. The Bertz CT molecular complexity index is 1050. The largest absolute Gasteiger partial charge is 0.423 e. The molecule has 2 fully saturated rings. The fourth-order valence-corrected chi connectivity index (χ4v) is 3.56. The zero-order valence-electron chi connectivity index (χ0n) is 17.2. The van der Waals surface area contributed by atoms with Crippen molar-refractivity contribution in [3.05, 3.63) is 18.2 Å². The molecular formula is C20H23N7O4. The number of oxazole rings is 1. The number of carbonyl (C=O) groups excluding carboxylic acids is 1. The Morgan fingerprint density at radius 1 is 0.903 bits per heavy atom. The molecule has 0 spiro atoms. The highest BCUT2D eigenvalue weighted by Gasteiger charge is 2.21. The van der Waals surface area contributed by atoms with Crippen LogP contribution < -0.4 is 15.1 Å². The van der Waals surface area contributed by atoms with Crippen LogP contribution >= 0.6 is 0 Å². The number of carbonyl (C=O) groups is 1. The summed E-state index contributed by atoms with van der Waals surface area (Å²) >= 11 is 0. The number of morpholine rings is 2. The smallest absolute Gasteiger partial charge is 0.302 e. The number of nitrogens with one attached hydrogen (secondary N) is 1. The highest BCUT2D eigenvalue weighted by atomic mass is 16.5. The van der Waals surface area contributed by atoms with Gasteiger partial charge in [-0.05, 0) is 18.2 Å². The number of nitrogens with zero attached hydrogens (tertiary/aromatic N) is 6. The molecule has 1 amide bonds. The van der Waals surface area contributed by atoms with Crippen molar-refractivity contribution in [3.8, 4) is 11.4 Å². The Labute approximate surface area is 178 Å². The highest BCUT2D eigenvalue weighted by Crippen LogP contribution is 2.27. The molecule has 0 radical (unpaired) electrons. The van der Waals surface area contributed by atoms with Crippen LogP contribution in [0.4, 0.5) is 17.9 Å². The van der Waals surface area contributed by atoms with Gasteiger partial charge >= 0.3 is 6.01 Å². The number of aromatic nitrogens is 4. The van der Waals surface area contributed by atoms with Gasteiger partial charge in [-0.3, -0.25) is 10.1 Å². The van der Waals surface area contributed by atoms with Gasteiger partial charge in [0.25, 0.3) is 0 Å². The van der Waals surface area contributed by atoms with E-state index in [9.17, 15) is 4.79 Å². The van der Waals surface area contributed by atoms with Crippen LogP contribution in [0, 0.1) is 0 Å². The van der Waals surface area contributed by atoms with Crippen LogP contribution in [0.5, 0.6) is 0 Å². The summed E-state index contributed by atoms with van der Waals surface area (Å²) in [6.45, 7) is 6.90. The predicted molar refractivity (Wildman–Crippen MR) is 113 cm³/mol. The lowest BCUT2D eigenvalue weighted by Gasteiger charge is -2.30. The predicted octanol–water partition coefficient (Wildman–Crippen LogP) is 1.31. The Hall–Kier alpha value is -3.31. The molecule has 2 aliphatic rings. The maximum absolute atomic E-state index is 11.3. The van der Waals surface area contributed by atoms with Gasteiger partial charge in [0.05, 0.1) is 26.4 Å². The summed E-state index contributed by atoms with van der Waals surface area (Å²) in [5, 5.41) is 2.56. The zero-order chi connectivity index (χ0) is 21.2. The van der Waals surface area contributed by atoms with E-state index in [1.165, 1.54) is 6.92 Å². The van der Waals surface area contributed by atoms with Crippen molar-refractivity contribution >= 4 is 34.9 Å². The molecule has 31 heavy (non-hydrogen) atoms. The first-order valence-corrected chi connectivity index (χ1v) is 10.3. The quantitative estimate of drug-likeness (QED) is 0.655. The highest BCUT2D eigenvalue weighted by molar-refractivity contribution is 5.88. The molecule has 1 N–H and O–H groups in total. The Balaban J connectivity index is 1.53. The number of ether oxygens (including phenoxy) is 2. The molecule has 3 aromatic rings. The molecule has 1 aromatic carbocycles. The van der Waals surface area contributed by atoms with Gasteiger partial charge in [-0.2, -0.15) is 19.9 Å². The summed E-state index contributed by atoms with van der Waals surface area (Å²) in [5.41, 5.74) is 1.98. The SMILES string of the molecule is CC(=O)Nc1nc2cc(-c3nc(N4CCOCC4)nc(N4CCOCC4)n3)ccc2o1. The average Bonchev–Trinajstić information content (AvgIpc) is 3.20. The summed E-state index contributed by atoms with van der Waals surface area (Å²) in [5.74, 6) is 1.58. The number of benzene rings is 1. The summed E-state index contributed by atoms with van der Waals surface area (Å²) < 4.78 is 16.5.